The minimum Gasteiger partial charge on any atom is -0.444 e. The number of alkyl carbamates (subject to hydrolysis) is 1. The van der Waals surface area contributed by atoms with Crippen LogP contribution in [0.4, 0.5) is 4.79 Å². The molecule has 0 aliphatic rings. The number of aliphatic hydroxyl groups excluding tert-OH is 1. The Bertz CT molecular complexity index is 495. The highest BCUT2D eigenvalue weighted by molar-refractivity contribution is 5.86. The quantitative estimate of drug-likeness (QED) is 0.721. The molecule has 2 atom stereocenters. The van der Waals surface area contributed by atoms with Crippen molar-refractivity contribution in [1.82, 2.24) is 10.6 Å². The lowest BCUT2D eigenvalue weighted by molar-refractivity contribution is -0.125. The fourth-order valence-electron chi connectivity index (χ4n) is 1.82. The number of nitrogens with one attached hydrogen (secondary N) is 2. The molecule has 0 heterocycles. The van der Waals surface area contributed by atoms with Crippen LogP contribution in [-0.2, 0) is 16.0 Å². The van der Waals surface area contributed by atoms with Gasteiger partial charge in [0.2, 0.25) is 5.91 Å². The van der Waals surface area contributed by atoms with Crippen molar-refractivity contribution in [3.8, 4) is 0 Å². The van der Waals surface area contributed by atoms with E-state index >= 15 is 0 Å². The van der Waals surface area contributed by atoms with Crippen LogP contribution in [0.2, 0.25) is 0 Å². The topological polar surface area (TPSA) is 87.7 Å². The number of rotatable bonds is 5. The lowest BCUT2D eigenvalue weighted by Gasteiger charge is -2.23. The van der Waals surface area contributed by atoms with Crippen molar-refractivity contribution in [2.24, 2.45) is 0 Å². The van der Waals surface area contributed by atoms with Crippen molar-refractivity contribution in [3.63, 3.8) is 0 Å². The molecule has 0 aliphatic carbocycles. The fraction of sp³-hybridized carbons (Fsp3) is 0.500. The van der Waals surface area contributed by atoms with Crippen LogP contribution in [0.15, 0.2) is 30.3 Å². The summed E-state index contributed by atoms with van der Waals surface area (Å²) in [6.45, 7) is 6.67. The molecule has 0 aliphatic heterocycles. The highest BCUT2D eigenvalue weighted by atomic mass is 16.6. The largest absolute Gasteiger partial charge is 0.444 e. The van der Waals surface area contributed by atoms with Crippen molar-refractivity contribution in [3.05, 3.63) is 35.9 Å². The van der Waals surface area contributed by atoms with Gasteiger partial charge in [0, 0.05) is 6.42 Å². The first-order chi connectivity index (χ1) is 10.2. The van der Waals surface area contributed by atoms with Crippen molar-refractivity contribution in [2.75, 3.05) is 0 Å². The Kier molecular flexibility index (Phi) is 6.37. The summed E-state index contributed by atoms with van der Waals surface area (Å²) in [4.78, 5) is 24.0. The van der Waals surface area contributed by atoms with Crippen LogP contribution >= 0.6 is 0 Å². The second-order valence-electron chi connectivity index (χ2n) is 6.07. The molecule has 3 N–H and O–H groups in total. The first-order valence-electron chi connectivity index (χ1n) is 7.19. The average molecular weight is 308 g/mol. The number of ether oxygens (including phenoxy) is 1. The number of carbonyl (C=O) groups is 2. The zero-order chi connectivity index (χ0) is 16.8. The molecule has 0 aromatic heterocycles. The van der Waals surface area contributed by atoms with E-state index in [9.17, 15) is 14.7 Å². The van der Waals surface area contributed by atoms with Gasteiger partial charge < -0.3 is 20.5 Å². The Morgan fingerprint density at radius 3 is 2.27 bits per heavy atom. The molecule has 0 spiro atoms. The maximum atomic E-state index is 12.1. The molecule has 6 heteroatoms. The van der Waals surface area contributed by atoms with E-state index in [1.807, 2.05) is 30.3 Å². The van der Waals surface area contributed by atoms with Crippen molar-refractivity contribution < 1.29 is 19.4 Å². The molecule has 0 radical (unpaired) electrons. The number of carbonyl (C=O) groups excluding carboxylic acids is 2. The SMILES string of the molecule is CC(O)NC(=O)[C@H](Cc1ccccc1)NC(=O)OC(C)(C)C. The second kappa shape index (κ2) is 7.79. The number of hydrogen-bond donors (Lipinski definition) is 3. The molecule has 0 fully saturated rings. The van der Waals surface area contributed by atoms with Gasteiger partial charge in [-0.05, 0) is 33.3 Å². The van der Waals surface area contributed by atoms with Crippen LogP contribution in [0.3, 0.4) is 0 Å². The molecule has 0 saturated carbocycles. The van der Waals surface area contributed by atoms with Gasteiger partial charge >= 0.3 is 6.09 Å². The smallest absolute Gasteiger partial charge is 0.408 e. The summed E-state index contributed by atoms with van der Waals surface area (Å²) in [5.74, 6) is -0.468. The lowest BCUT2D eigenvalue weighted by Crippen LogP contribution is -2.51. The summed E-state index contributed by atoms with van der Waals surface area (Å²) in [6.07, 6.45) is -1.36. The number of amides is 2. The van der Waals surface area contributed by atoms with Crippen LogP contribution in [0, 0.1) is 0 Å². The molecule has 122 valence electrons. The summed E-state index contributed by atoms with van der Waals surface area (Å²) < 4.78 is 5.17. The van der Waals surface area contributed by atoms with Gasteiger partial charge in [-0.2, -0.15) is 0 Å². The van der Waals surface area contributed by atoms with E-state index in [0.29, 0.717) is 6.42 Å². The number of benzene rings is 1. The highest BCUT2D eigenvalue weighted by Crippen LogP contribution is 2.08. The van der Waals surface area contributed by atoms with Crippen molar-refractivity contribution >= 4 is 12.0 Å². The predicted molar refractivity (Wildman–Crippen MR) is 83.1 cm³/mol. The van der Waals surface area contributed by atoms with Crippen LogP contribution in [0.1, 0.15) is 33.3 Å². The molecule has 22 heavy (non-hydrogen) atoms. The van der Waals surface area contributed by atoms with E-state index in [2.05, 4.69) is 10.6 Å². The first kappa shape index (κ1) is 18.0. The summed E-state index contributed by atoms with van der Waals surface area (Å²) >= 11 is 0. The molecule has 1 aromatic rings. The van der Waals surface area contributed by atoms with E-state index in [1.54, 1.807) is 20.8 Å². The van der Waals surface area contributed by atoms with E-state index in [1.165, 1.54) is 6.92 Å². The minimum absolute atomic E-state index is 0.304. The minimum atomic E-state index is -0.994. The standard InChI is InChI=1S/C16H24N2O4/c1-11(19)17-14(20)13(10-12-8-6-5-7-9-12)18-15(21)22-16(2,3)4/h5-9,11,13,19H,10H2,1-4H3,(H,17,20)(H,18,21)/t11?,13-/m0/s1. The summed E-state index contributed by atoms with van der Waals surface area (Å²) in [5, 5.41) is 14.2. The van der Waals surface area contributed by atoms with E-state index in [4.69, 9.17) is 4.74 Å². The molecular formula is C16H24N2O4. The maximum Gasteiger partial charge on any atom is 0.408 e. The Morgan fingerprint density at radius 1 is 1.18 bits per heavy atom. The predicted octanol–water partition coefficient (Wildman–Crippen LogP) is 1.58. The third-order valence-electron chi connectivity index (χ3n) is 2.64. The molecule has 0 bridgehead atoms. The Hall–Kier alpha value is -2.08. The van der Waals surface area contributed by atoms with Crippen LogP contribution in [-0.4, -0.2) is 35.0 Å². The molecule has 6 nitrogen and oxygen atoms in total. The molecule has 1 rings (SSSR count). The summed E-state index contributed by atoms with van der Waals surface area (Å²) in [6, 6.07) is 8.47. The normalized spacial score (nSPS) is 13.9. The molecule has 1 unspecified atom stereocenters. The molecule has 2 amide bonds. The van der Waals surface area contributed by atoms with Gasteiger partial charge in [-0.25, -0.2) is 4.79 Å². The van der Waals surface area contributed by atoms with Gasteiger partial charge in [0.15, 0.2) is 0 Å². The third-order valence-corrected chi connectivity index (χ3v) is 2.64. The Balaban J connectivity index is 2.78. The van der Waals surface area contributed by atoms with E-state index in [-0.39, 0.29) is 0 Å². The zero-order valence-corrected chi connectivity index (χ0v) is 13.4. The van der Waals surface area contributed by atoms with Gasteiger partial charge in [0.25, 0.3) is 0 Å². The van der Waals surface area contributed by atoms with E-state index in [0.717, 1.165) is 5.56 Å². The second-order valence-corrected chi connectivity index (χ2v) is 6.07. The summed E-state index contributed by atoms with van der Waals surface area (Å²) in [7, 11) is 0. The van der Waals surface area contributed by atoms with Crippen molar-refractivity contribution in [1.29, 1.82) is 0 Å². The molecule has 1 aromatic carbocycles. The zero-order valence-electron chi connectivity index (χ0n) is 13.4. The molecular weight excluding hydrogens is 284 g/mol. The maximum absolute atomic E-state index is 12.1. The fourth-order valence-corrected chi connectivity index (χ4v) is 1.82. The Labute approximate surface area is 130 Å². The average Bonchev–Trinajstić information content (AvgIpc) is 2.36. The third kappa shape index (κ3) is 7.08. The van der Waals surface area contributed by atoms with Gasteiger partial charge in [0.1, 0.15) is 17.9 Å². The van der Waals surface area contributed by atoms with Gasteiger partial charge in [0.05, 0.1) is 0 Å². The Morgan fingerprint density at radius 2 is 1.77 bits per heavy atom. The highest BCUT2D eigenvalue weighted by Gasteiger charge is 2.25. The van der Waals surface area contributed by atoms with Crippen molar-refractivity contribution in [2.45, 2.75) is 52.0 Å². The van der Waals surface area contributed by atoms with Gasteiger partial charge in [-0.15, -0.1) is 0 Å². The number of hydrogen-bond acceptors (Lipinski definition) is 4. The van der Waals surface area contributed by atoms with Crippen LogP contribution in [0.5, 0.6) is 0 Å². The first-order valence-corrected chi connectivity index (χ1v) is 7.19. The monoisotopic (exact) mass is 308 g/mol. The number of aliphatic hydroxyl groups is 1. The lowest BCUT2D eigenvalue weighted by atomic mass is 10.1. The van der Waals surface area contributed by atoms with Gasteiger partial charge in [-0.3, -0.25) is 4.79 Å². The molecule has 0 saturated heterocycles. The van der Waals surface area contributed by atoms with E-state index < -0.39 is 29.9 Å². The van der Waals surface area contributed by atoms with Crippen LogP contribution < -0.4 is 10.6 Å². The van der Waals surface area contributed by atoms with Crippen LogP contribution in [0.25, 0.3) is 0 Å². The summed E-state index contributed by atoms with van der Waals surface area (Å²) in [5.41, 5.74) is 0.242. The van der Waals surface area contributed by atoms with Gasteiger partial charge in [-0.1, -0.05) is 30.3 Å².